The molecule has 3 atom stereocenters. The van der Waals surface area contributed by atoms with Gasteiger partial charge in [-0.1, -0.05) is 54.6 Å². The maximum Gasteiger partial charge on any atom is 0.219 e. The zero-order chi connectivity index (χ0) is 18.7. The Morgan fingerprint density at radius 2 is 1.65 bits per heavy atom. The number of amides is 1. The molecule has 4 nitrogen and oxygen atoms in total. The molecule has 1 fully saturated rings. The first-order valence-corrected chi connectivity index (χ1v) is 9.30. The summed E-state index contributed by atoms with van der Waals surface area (Å²) >= 11 is 0. The molecule has 0 spiro atoms. The van der Waals surface area contributed by atoms with E-state index in [2.05, 4.69) is 41.7 Å². The number of aliphatic hydroxyl groups excluding tert-OH is 1. The van der Waals surface area contributed by atoms with Crippen molar-refractivity contribution in [2.45, 2.75) is 44.8 Å². The SMILES string of the molecule is CC(=O)N(C[C@H]1N[C@H](CO)[C@@H]1c1ccc(-c2ccccc2)cc1)C(C)C. The number of hydrogen-bond donors (Lipinski definition) is 2. The topological polar surface area (TPSA) is 52.6 Å². The van der Waals surface area contributed by atoms with Crippen LogP contribution in [0.4, 0.5) is 0 Å². The van der Waals surface area contributed by atoms with E-state index in [4.69, 9.17) is 0 Å². The van der Waals surface area contributed by atoms with Crippen LogP contribution >= 0.6 is 0 Å². The molecule has 1 saturated heterocycles. The number of carbonyl (C=O) groups is 1. The first kappa shape index (κ1) is 18.6. The molecule has 138 valence electrons. The molecule has 0 bridgehead atoms. The molecule has 1 aliphatic heterocycles. The van der Waals surface area contributed by atoms with Gasteiger partial charge in [0.15, 0.2) is 0 Å². The first-order valence-electron chi connectivity index (χ1n) is 9.30. The smallest absolute Gasteiger partial charge is 0.219 e. The lowest BCUT2D eigenvalue weighted by Gasteiger charge is -2.48. The predicted molar refractivity (Wildman–Crippen MR) is 105 cm³/mol. The fraction of sp³-hybridized carbons (Fsp3) is 0.409. The average molecular weight is 352 g/mol. The van der Waals surface area contributed by atoms with Gasteiger partial charge in [-0.05, 0) is 30.5 Å². The van der Waals surface area contributed by atoms with E-state index in [-0.39, 0.29) is 36.6 Å². The average Bonchev–Trinajstić information content (AvgIpc) is 2.62. The lowest BCUT2D eigenvalue weighted by atomic mass is 9.77. The summed E-state index contributed by atoms with van der Waals surface area (Å²) in [5.41, 5.74) is 3.59. The zero-order valence-corrected chi connectivity index (χ0v) is 15.7. The van der Waals surface area contributed by atoms with Crippen molar-refractivity contribution in [3.05, 3.63) is 60.2 Å². The van der Waals surface area contributed by atoms with E-state index in [1.807, 2.05) is 36.9 Å². The Bertz CT molecular complexity index is 728. The van der Waals surface area contributed by atoms with Crippen molar-refractivity contribution in [2.75, 3.05) is 13.2 Å². The number of nitrogens with zero attached hydrogens (tertiary/aromatic N) is 1. The van der Waals surface area contributed by atoms with E-state index >= 15 is 0 Å². The fourth-order valence-corrected chi connectivity index (χ4v) is 3.88. The van der Waals surface area contributed by atoms with Crippen molar-refractivity contribution in [3.8, 4) is 11.1 Å². The van der Waals surface area contributed by atoms with Gasteiger partial charge in [0.25, 0.3) is 0 Å². The van der Waals surface area contributed by atoms with Crippen LogP contribution in [-0.4, -0.2) is 47.2 Å². The van der Waals surface area contributed by atoms with Crippen LogP contribution in [0.1, 0.15) is 32.3 Å². The molecule has 0 aromatic heterocycles. The monoisotopic (exact) mass is 352 g/mol. The van der Waals surface area contributed by atoms with Gasteiger partial charge in [0.2, 0.25) is 5.91 Å². The lowest BCUT2D eigenvalue weighted by molar-refractivity contribution is -0.131. The lowest BCUT2D eigenvalue weighted by Crippen LogP contribution is -2.65. The van der Waals surface area contributed by atoms with E-state index in [0.717, 1.165) is 0 Å². The number of carbonyl (C=O) groups excluding carboxylic acids is 1. The summed E-state index contributed by atoms with van der Waals surface area (Å²) in [6, 6.07) is 19.3. The summed E-state index contributed by atoms with van der Waals surface area (Å²) in [6.45, 7) is 6.45. The fourth-order valence-electron chi connectivity index (χ4n) is 3.88. The van der Waals surface area contributed by atoms with Crippen LogP contribution in [0.5, 0.6) is 0 Å². The van der Waals surface area contributed by atoms with Crippen molar-refractivity contribution < 1.29 is 9.90 Å². The number of benzene rings is 2. The van der Waals surface area contributed by atoms with Gasteiger partial charge < -0.3 is 15.3 Å². The standard InChI is InChI=1S/C22H28N2O2/c1-15(2)24(16(3)26)13-20-22(21(14-25)23-20)19-11-9-18(10-12-19)17-7-5-4-6-8-17/h4-12,15,20-23,25H,13-14H2,1-3H3/t20-,21-,22-/m1/s1. The second-order valence-corrected chi connectivity index (χ2v) is 7.34. The van der Waals surface area contributed by atoms with E-state index < -0.39 is 0 Å². The molecule has 0 radical (unpaired) electrons. The third kappa shape index (κ3) is 3.81. The Balaban J connectivity index is 1.77. The molecule has 0 saturated carbocycles. The minimum absolute atomic E-state index is 0.0449. The van der Waals surface area contributed by atoms with E-state index in [0.29, 0.717) is 6.54 Å². The van der Waals surface area contributed by atoms with Crippen molar-refractivity contribution in [3.63, 3.8) is 0 Å². The molecule has 1 heterocycles. The normalized spacial score (nSPS) is 22.1. The van der Waals surface area contributed by atoms with Crippen molar-refractivity contribution >= 4 is 5.91 Å². The molecule has 26 heavy (non-hydrogen) atoms. The minimum Gasteiger partial charge on any atom is -0.395 e. The Morgan fingerprint density at radius 3 is 2.19 bits per heavy atom. The molecule has 2 N–H and O–H groups in total. The second-order valence-electron chi connectivity index (χ2n) is 7.34. The first-order chi connectivity index (χ1) is 12.5. The quantitative estimate of drug-likeness (QED) is 0.840. The van der Waals surface area contributed by atoms with Crippen LogP contribution in [0, 0.1) is 0 Å². The highest BCUT2D eigenvalue weighted by Crippen LogP contribution is 2.34. The van der Waals surface area contributed by atoms with Gasteiger partial charge in [0.1, 0.15) is 0 Å². The third-order valence-corrected chi connectivity index (χ3v) is 5.32. The van der Waals surface area contributed by atoms with Crippen LogP contribution in [0.2, 0.25) is 0 Å². The third-order valence-electron chi connectivity index (χ3n) is 5.32. The number of nitrogens with one attached hydrogen (secondary N) is 1. The Labute approximate surface area is 155 Å². The van der Waals surface area contributed by atoms with Gasteiger partial charge in [-0.2, -0.15) is 0 Å². The van der Waals surface area contributed by atoms with Crippen LogP contribution < -0.4 is 5.32 Å². The molecule has 2 aromatic carbocycles. The van der Waals surface area contributed by atoms with Crippen molar-refractivity contribution in [2.24, 2.45) is 0 Å². The van der Waals surface area contributed by atoms with Crippen molar-refractivity contribution in [1.29, 1.82) is 0 Å². The van der Waals surface area contributed by atoms with Gasteiger partial charge in [-0.3, -0.25) is 4.79 Å². The highest BCUT2D eigenvalue weighted by molar-refractivity contribution is 5.73. The predicted octanol–water partition coefficient (Wildman–Crippen LogP) is 3.03. The molecule has 1 amide bonds. The van der Waals surface area contributed by atoms with Gasteiger partial charge in [-0.25, -0.2) is 0 Å². The summed E-state index contributed by atoms with van der Waals surface area (Å²) in [6.07, 6.45) is 0. The molecule has 0 aliphatic carbocycles. The number of aliphatic hydroxyl groups is 1. The molecular formula is C22H28N2O2. The Morgan fingerprint density at radius 1 is 1.04 bits per heavy atom. The van der Waals surface area contributed by atoms with Crippen LogP contribution in [-0.2, 0) is 4.79 Å². The molecule has 2 aromatic rings. The minimum atomic E-state index is 0.0449. The van der Waals surface area contributed by atoms with E-state index in [1.54, 1.807) is 6.92 Å². The Hall–Kier alpha value is -2.17. The van der Waals surface area contributed by atoms with Crippen molar-refractivity contribution in [1.82, 2.24) is 10.2 Å². The van der Waals surface area contributed by atoms with E-state index in [1.165, 1.54) is 16.7 Å². The number of rotatable bonds is 6. The zero-order valence-electron chi connectivity index (χ0n) is 15.7. The largest absolute Gasteiger partial charge is 0.395 e. The summed E-state index contributed by atoms with van der Waals surface area (Å²) in [4.78, 5) is 13.8. The van der Waals surface area contributed by atoms with Gasteiger partial charge in [0.05, 0.1) is 6.61 Å². The van der Waals surface area contributed by atoms with Gasteiger partial charge in [0, 0.05) is 37.5 Å². The summed E-state index contributed by atoms with van der Waals surface area (Å²) in [7, 11) is 0. The Kier molecular flexibility index (Phi) is 5.74. The molecule has 4 heteroatoms. The molecular weight excluding hydrogens is 324 g/mol. The number of hydrogen-bond acceptors (Lipinski definition) is 3. The molecule has 3 rings (SSSR count). The van der Waals surface area contributed by atoms with Gasteiger partial charge >= 0.3 is 0 Å². The summed E-state index contributed by atoms with van der Waals surface area (Å²) < 4.78 is 0. The summed E-state index contributed by atoms with van der Waals surface area (Å²) in [5, 5.41) is 13.1. The van der Waals surface area contributed by atoms with Crippen LogP contribution in [0.3, 0.4) is 0 Å². The van der Waals surface area contributed by atoms with Crippen LogP contribution in [0.15, 0.2) is 54.6 Å². The highest BCUT2D eigenvalue weighted by Gasteiger charge is 2.42. The maximum absolute atomic E-state index is 11.9. The van der Waals surface area contributed by atoms with E-state index in [9.17, 15) is 9.90 Å². The summed E-state index contributed by atoms with van der Waals surface area (Å²) in [5.74, 6) is 0.304. The van der Waals surface area contributed by atoms with Crippen LogP contribution in [0.25, 0.3) is 11.1 Å². The molecule has 0 unspecified atom stereocenters. The highest BCUT2D eigenvalue weighted by atomic mass is 16.3. The maximum atomic E-state index is 11.9. The second kappa shape index (κ2) is 8.02. The van der Waals surface area contributed by atoms with Gasteiger partial charge in [-0.15, -0.1) is 0 Å². The molecule has 1 aliphatic rings.